The number of anilines is 3. The van der Waals surface area contributed by atoms with Crippen LogP contribution in [0.4, 0.5) is 30.8 Å². The van der Waals surface area contributed by atoms with Gasteiger partial charge in [0.1, 0.15) is 17.0 Å². The van der Waals surface area contributed by atoms with Crippen molar-refractivity contribution in [3.05, 3.63) is 35.8 Å². The molecule has 1 saturated carbocycles. The number of fused-ring (bicyclic) bond motifs is 1. The SMILES string of the molecule is CC(C)(O)[C@@H]1CC[C@H](Nc2ncc3nc(Nc4c(F)cc(F)cc4F)n(C4CCOCC4)c3n2)C1. The van der Waals surface area contributed by atoms with Gasteiger partial charge in [0.15, 0.2) is 17.3 Å². The van der Waals surface area contributed by atoms with Crippen LogP contribution in [-0.2, 0) is 4.74 Å². The van der Waals surface area contributed by atoms with Crippen LogP contribution in [0.1, 0.15) is 52.0 Å². The molecule has 2 aliphatic rings. The molecule has 1 aromatic carbocycles. The van der Waals surface area contributed by atoms with Crippen molar-refractivity contribution in [1.82, 2.24) is 19.5 Å². The predicted molar refractivity (Wildman–Crippen MR) is 125 cm³/mol. The van der Waals surface area contributed by atoms with Crippen molar-refractivity contribution >= 4 is 28.7 Å². The van der Waals surface area contributed by atoms with Gasteiger partial charge in [-0.25, -0.2) is 23.1 Å². The summed E-state index contributed by atoms with van der Waals surface area (Å²) in [5.41, 5.74) is -0.232. The van der Waals surface area contributed by atoms with Gasteiger partial charge in [0, 0.05) is 37.4 Å². The number of imidazole rings is 1. The van der Waals surface area contributed by atoms with Gasteiger partial charge < -0.3 is 20.5 Å². The standard InChI is InChI=1S/C24H29F3N6O2/c1-24(2,34)13-3-4-15(9-13)29-22-28-12-19-21(32-22)33(16-5-7-35-8-6-16)23(30-19)31-20-17(26)10-14(25)11-18(20)27/h10-13,15-16,34H,3-9H2,1-2H3,(H,30,31)(H,28,29,32)/t13-,15+/m1/s1. The lowest BCUT2D eigenvalue weighted by Gasteiger charge is -2.26. The lowest BCUT2D eigenvalue weighted by molar-refractivity contribution is 0.0197. The van der Waals surface area contributed by atoms with Gasteiger partial charge in [-0.3, -0.25) is 4.57 Å². The molecular weight excluding hydrogens is 461 g/mol. The molecule has 11 heteroatoms. The Morgan fingerprint density at radius 2 is 1.77 bits per heavy atom. The van der Waals surface area contributed by atoms with Gasteiger partial charge in [-0.05, 0) is 51.9 Å². The number of hydrogen-bond donors (Lipinski definition) is 3. The number of hydrogen-bond acceptors (Lipinski definition) is 7. The van der Waals surface area contributed by atoms with Gasteiger partial charge in [0.25, 0.3) is 0 Å². The van der Waals surface area contributed by atoms with Crippen LogP contribution >= 0.6 is 0 Å². The number of benzene rings is 1. The molecule has 2 fully saturated rings. The topological polar surface area (TPSA) is 97.1 Å². The van der Waals surface area contributed by atoms with E-state index in [4.69, 9.17) is 9.72 Å². The minimum absolute atomic E-state index is 0.0587. The number of aliphatic hydroxyl groups is 1. The van der Waals surface area contributed by atoms with Crippen LogP contribution in [0.25, 0.3) is 11.2 Å². The molecule has 3 heterocycles. The Balaban J connectivity index is 1.48. The smallest absolute Gasteiger partial charge is 0.224 e. The molecule has 1 aliphatic heterocycles. The number of ether oxygens (including phenoxy) is 1. The molecule has 3 N–H and O–H groups in total. The summed E-state index contributed by atoms with van der Waals surface area (Å²) < 4.78 is 49.5. The van der Waals surface area contributed by atoms with Crippen LogP contribution in [-0.4, -0.2) is 49.5 Å². The molecule has 0 amide bonds. The summed E-state index contributed by atoms with van der Waals surface area (Å²) in [5.74, 6) is -2.28. The highest BCUT2D eigenvalue weighted by atomic mass is 19.1. The first kappa shape index (κ1) is 23.8. The van der Waals surface area contributed by atoms with Crippen molar-refractivity contribution < 1.29 is 23.0 Å². The molecule has 35 heavy (non-hydrogen) atoms. The van der Waals surface area contributed by atoms with E-state index < -0.39 is 28.7 Å². The molecule has 2 atom stereocenters. The second kappa shape index (κ2) is 9.27. The van der Waals surface area contributed by atoms with Gasteiger partial charge in [0.05, 0.1) is 11.8 Å². The maximum atomic E-state index is 14.4. The van der Waals surface area contributed by atoms with Crippen molar-refractivity contribution in [2.24, 2.45) is 5.92 Å². The molecule has 0 radical (unpaired) electrons. The molecule has 8 nitrogen and oxygen atoms in total. The Morgan fingerprint density at radius 1 is 1.06 bits per heavy atom. The average molecular weight is 491 g/mol. The predicted octanol–water partition coefficient (Wildman–Crippen LogP) is 4.69. The van der Waals surface area contributed by atoms with E-state index in [9.17, 15) is 18.3 Å². The van der Waals surface area contributed by atoms with Gasteiger partial charge in [-0.15, -0.1) is 0 Å². The monoisotopic (exact) mass is 490 g/mol. The molecule has 0 unspecified atom stereocenters. The third kappa shape index (κ3) is 4.92. The first-order valence-electron chi connectivity index (χ1n) is 11.9. The van der Waals surface area contributed by atoms with Crippen LogP contribution in [0.2, 0.25) is 0 Å². The number of halogens is 3. The van der Waals surface area contributed by atoms with Crippen molar-refractivity contribution in [3.63, 3.8) is 0 Å². The zero-order valence-electron chi connectivity index (χ0n) is 19.7. The third-order valence-corrected chi connectivity index (χ3v) is 7.00. The van der Waals surface area contributed by atoms with Gasteiger partial charge in [-0.1, -0.05) is 0 Å². The minimum Gasteiger partial charge on any atom is -0.390 e. The van der Waals surface area contributed by atoms with Crippen molar-refractivity contribution in [2.75, 3.05) is 23.8 Å². The third-order valence-electron chi connectivity index (χ3n) is 7.00. The van der Waals surface area contributed by atoms with E-state index >= 15 is 0 Å². The number of nitrogens with zero attached hydrogens (tertiary/aromatic N) is 4. The van der Waals surface area contributed by atoms with Crippen LogP contribution in [0.5, 0.6) is 0 Å². The summed E-state index contributed by atoms with van der Waals surface area (Å²) >= 11 is 0. The lowest BCUT2D eigenvalue weighted by Crippen LogP contribution is -2.30. The summed E-state index contributed by atoms with van der Waals surface area (Å²) in [6.07, 6.45) is 5.54. The number of aromatic nitrogens is 4. The maximum absolute atomic E-state index is 14.4. The van der Waals surface area contributed by atoms with Crippen molar-refractivity contribution in [1.29, 1.82) is 0 Å². The van der Waals surface area contributed by atoms with E-state index in [-0.39, 0.29) is 23.9 Å². The molecule has 2 aromatic heterocycles. The fourth-order valence-corrected chi connectivity index (χ4v) is 5.05. The Labute approximate surface area is 200 Å². The largest absolute Gasteiger partial charge is 0.390 e. The first-order valence-corrected chi connectivity index (χ1v) is 11.9. The highest BCUT2D eigenvalue weighted by molar-refractivity contribution is 5.76. The molecule has 188 valence electrons. The quantitative estimate of drug-likeness (QED) is 0.461. The van der Waals surface area contributed by atoms with Gasteiger partial charge in [0.2, 0.25) is 11.9 Å². The molecule has 5 rings (SSSR count). The van der Waals surface area contributed by atoms with Crippen LogP contribution in [0, 0.1) is 23.4 Å². The van der Waals surface area contributed by atoms with Crippen LogP contribution in [0.3, 0.4) is 0 Å². The second-order valence-corrected chi connectivity index (χ2v) is 9.93. The fourth-order valence-electron chi connectivity index (χ4n) is 5.05. The first-order chi connectivity index (χ1) is 16.7. The summed E-state index contributed by atoms with van der Waals surface area (Å²) in [6.45, 7) is 4.74. The Hall–Kier alpha value is -2.92. The van der Waals surface area contributed by atoms with Gasteiger partial charge >= 0.3 is 0 Å². The molecule has 0 bridgehead atoms. The maximum Gasteiger partial charge on any atom is 0.224 e. The Bertz CT molecular complexity index is 1200. The highest BCUT2D eigenvalue weighted by Gasteiger charge is 2.35. The molecular formula is C24H29F3N6O2. The molecule has 0 spiro atoms. The van der Waals surface area contributed by atoms with E-state index in [1.54, 1.807) is 6.20 Å². The second-order valence-electron chi connectivity index (χ2n) is 9.93. The van der Waals surface area contributed by atoms with E-state index in [0.717, 1.165) is 19.3 Å². The highest BCUT2D eigenvalue weighted by Crippen LogP contribution is 2.36. The van der Waals surface area contributed by atoms with Crippen molar-refractivity contribution in [2.45, 2.75) is 63.6 Å². The van der Waals surface area contributed by atoms with Gasteiger partial charge in [-0.2, -0.15) is 4.98 Å². The lowest BCUT2D eigenvalue weighted by atomic mass is 9.90. The Kier molecular flexibility index (Phi) is 6.30. The molecule has 1 aliphatic carbocycles. The zero-order chi connectivity index (χ0) is 24.7. The molecule has 3 aromatic rings. The number of nitrogens with one attached hydrogen (secondary N) is 2. The average Bonchev–Trinajstić information content (AvgIpc) is 3.41. The fraction of sp³-hybridized carbons (Fsp3) is 0.542. The summed E-state index contributed by atoms with van der Waals surface area (Å²) in [5, 5.41) is 16.4. The van der Waals surface area contributed by atoms with E-state index in [0.29, 0.717) is 55.3 Å². The Morgan fingerprint density at radius 3 is 2.43 bits per heavy atom. The summed E-state index contributed by atoms with van der Waals surface area (Å²) in [6, 6.07) is 1.31. The van der Waals surface area contributed by atoms with E-state index in [2.05, 4.69) is 20.6 Å². The van der Waals surface area contributed by atoms with Crippen LogP contribution < -0.4 is 10.6 Å². The van der Waals surface area contributed by atoms with Crippen LogP contribution in [0.15, 0.2) is 18.3 Å². The van der Waals surface area contributed by atoms with Crippen molar-refractivity contribution in [3.8, 4) is 0 Å². The van der Waals surface area contributed by atoms with E-state index in [1.807, 2.05) is 18.4 Å². The zero-order valence-corrected chi connectivity index (χ0v) is 19.7. The van der Waals surface area contributed by atoms with E-state index in [1.165, 1.54) is 0 Å². The number of rotatable bonds is 6. The minimum atomic E-state index is -1.05. The summed E-state index contributed by atoms with van der Waals surface area (Å²) in [7, 11) is 0. The molecule has 1 saturated heterocycles. The summed E-state index contributed by atoms with van der Waals surface area (Å²) in [4.78, 5) is 13.6. The normalized spacial score (nSPS) is 21.5.